The molecule has 0 radical (unpaired) electrons. The van der Waals surface area contributed by atoms with Gasteiger partial charge in [-0.1, -0.05) is 121 Å². The van der Waals surface area contributed by atoms with Crippen LogP contribution in [0.5, 0.6) is 0 Å². The molecule has 0 aliphatic carbocycles. The Kier molecular flexibility index (Phi) is 9.38. The molecule has 0 saturated heterocycles. The molecule has 5 heteroatoms. The van der Waals surface area contributed by atoms with Crippen molar-refractivity contribution in [2.24, 2.45) is 0 Å². The van der Waals surface area contributed by atoms with Crippen LogP contribution in [-0.2, 0) is 0 Å². The van der Waals surface area contributed by atoms with Crippen molar-refractivity contribution in [2.75, 3.05) is 26.3 Å². The van der Waals surface area contributed by atoms with E-state index in [0.29, 0.717) is 0 Å². The van der Waals surface area contributed by atoms with Gasteiger partial charge in [-0.25, -0.2) is 0 Å². The molecule has 0 heterocycles. The second-order valence-corrected chi connectivity index (χ2v) is 11.4. The first-order valence-electron chi connectivity index (χ1n) is 12.4. The first-order chi connectivity index (χ1) is 17.6. The predicted octanol–water partition coefficient (Wildman–Crippen LogP) is 6.24. The van der Waals surface area contributed by atoms with Crippen molar-refractivity contribution < 1.29 is 4.92 Å². The van der Waals surface area contributed by atoms with Crippen molar-refractivity contribution in [3.05, 3.63) is 143 Å². The van der Waals surface area contributed by atoms with Crippen molar-refractivity contribution in [2.45, 2.75) is 18.4 Å². The quantitative estimate of drug-likeness (QED) is 0.132. The van der Waals surface area contributed by atoms with Gasteiger partial charge in [0.05, 0.1) is 0 Å². The third kappa shape index (κ3) is 7.10. The molecule has 0 bridgehead atoms. The van der Waals surface area contributed by atoms with Crippen LogP contribution in [0.2, 0.25) is 0 Å². The zero-order valence-corrected chi connectivity index (χ0v) is 21.6. The summed E-state index contributed by atoms with van der Waals surface area (Å²) in [5, 5.41) is 14.2. The fourth-order valence-electron chi connectivity index (χ4n) is 4.71. The standard InChI is InChI=1S/C31H33N2O2P/c1-32(23-22-28(24-33(34)35)26-14-6-2-7-15-26)31(27-16-8-3-9-17-27)25-36(29-18-10-4-11-19-29)30-20-12-5-13-21-30/h2-21,28,31H,22-25H2,1H3. The van der Waals surface area contributed by atoms with Gasteiger partial charge >= 0.3 is 0 Å². The lowest BCUT2D eigenvalue weighted by molar-refractivity contribution is -0.483. The highest BCUT2D eigenvalue weighted by Gasteiger charge is 2.26. The summed E-state index contributed by atoms with van der Waals surface area (Å²) < 4.78 is 0. The Morgan fingerprint density at radius 2 is 1.17 bits per heavy atom. The van der Waals surface area contributed by atoms with Gasteiger partial charge in [0.25, 0.3) is 0 Å². The van der Waals surface area contributed by atoms with E-state index in [-0.39, 0.29) is 23.4 Å². The number of hydrogen-bond donors (Lipinski definition) is 0. The molecule has 0 aliphatic heterocycles. The molecule has 4 rings (SSSR count). The first-order valence-corrected chi connectivity index (χ1v) is 13.9. The lowest BCUT2D eigenvalue weighted by Gasteiger charge is -2.33. The molecule has 0 fully saturated rings. The molecule has 4 nitrogen and oxygen atoms in total. The van der Waals surface area contributed by atoms with Crippen LogP contribution in [0.3, 0.4) is 0 Å². The number of rotatable bonds is 12. The van der Waals surface area contributed by atoms with Gasteiger partial charge in [-0.05, 0) is 55.8 Å². The Bertz CT molecular complexity index is 1150. The molecule has 0 aromatic heterocycles. The zero-order valence-electron chi connectivity index (χ0n) is 20.7. The summed E-state index contributed by atoms with van der Waals surface area (Å²) in [5.41, 5.74) is 2.32. The largest absolute Gasteiger partial charge is 0.299 e. The van der Waals surface area contributed by atoms with Crippen LogP contribution in [0.25, 0.3) is 0 Å². The van der Waals surface area contributed by atoms with E-state index >= 15 is 0 Å². The van der Waals surface area contributed by atoms with Gasteiger partial charge in [0.15, 0.2) is 0 Å². The Balaban J connectivity index is 1.60. The molecule has 0 amide bonds. The fourth-order valence-corrected chi connectivity index (χ4v) is 7.33. The molecule has 0 spiro atoms. The maximum atomic E-state index is 11.4. The Morgan fingerprint density at radius 1 is 0.722 bits per heavy atom. The molecule has 36 heavy (non-hydrogen) atoms. The van der Waals surface area contributed by atoms with Crippen molar-refractivity contribution in [1.82, 2.24) is 4.90 Å². The molecule has 0 saturated carbocycles. The molecule has 2 atom stereocenters. The van der Waals surface area contributed by atoms with Gasteiger partial charge in [-0.3, -0.25) is 15.0 Å². The van der Waals surface area contributed by atoms with Gasteiger partial charge in [0.2, 0.25) is 6.54 Å². The maximum absolute atomic E-state index is 11.4. The minimum Gasteiger partial charge on any atom is -0.299 e. The fraction of sp³-hybridized carbons (Fsp3) is 0.226. The van der Waals surface area contributed by atoms with Crippen LogP contribution in [0.1, 0.15) is 29.5 Å². The van der Waals surface area contributed by atoms with Gasteiger partial charge in [0.1, 0.15) is 0 Å². The SMILES string of the molecule is CN(CCC(C[N+](=O)[O-])c1ccccc1)C(CP(c1ccccc1)c1ccccc1)c1ccccc1. The lowest BCUT2D eigenvalue weighted by atomic mass is 9.95. The summed E-state index contributed by atoms with van der Waals surface area (Å²) in [6.45, 7) is 0.730. The second-order valence-electron chi connectivity index (χ2n) is 9.10. The van der Waals surface area contributed by atoms with Crippen molar-refractivity contribution in [1.29, 1.82) is 0 Å². The maximum Gasteiger partial charge on any atom is 0.210 e. The molecule has 184 valence electrons. The van der Waals surface area contributed by atoms with Crippen LogP contribution in [0.15, 0.2) is 121 Å². The summed E-state index contributed by atoms with van der Waals surface area (Å²) in [7, 11) is 1.58. The van der Waals surface area contributed by atoms with E-state index in [9.17, 15) is 10.1 Å². The van der Waals surface area contributed by atoms with E-state index in [4.69, 9.17) is 0 Å². The number of hydrogen-bond acceptors (Lipinski definition) is 3. The van der Waals surface area contributed by atoms with Gasteiger partial charge in [0, 0.05) is 16.9 Å². The van der Waals surface area contributed by atoms with Gasteiger partial charge in [-0.2, -0.15) is 0 Å². The van der Waals surface area contributed by atoms with Crippen LogP contribution >= 0.6 is 7.92 Å². The number of nitrogens with zero attached hydrogens (tertiary/aromatic N) is 2. The highest BCUT2D eigenvalue weighted by Crippen LogP contribution is 2.40. The smallest absolute Gasteiger partial charge is 0.210 e. The summed E-state index contributed by atoms with van der Waals surface area (Å²) in [6, 6.07) is 42.4. The van der Waals surface area contributed by atoms with Crippen molar-refractivity contribution >= 4 is 18.5 Å². The summed E-state index contributed by atoms with van der Waals surface area (Å²) in [5.74, 6) is -0.107. The second kappa shape index (κ2) is 13.1. The molecular weight excluding hydrogens is 463 g/mol. The Hall–Kier alpha value is -3.33. The molecule has 4 aromatic carbocycles. The Labute approximate surface area is 215 Å². The monoisotopic (exact) mass is 496 g/mol. The van der Waals surface area contributed by atoms with Crippen molar-refractivity contribution in [3.8, 4) is 0 Å². The first kappa shape index (κ1) is 25.8. The van der Waals surface area contributed by atoms with Gasteiger partial charge in [-0.15, -0.1) is 0 Å². The van der Waals surface area contributed by atoms with E-state index in [1.807, 2.05) is 30.3 Å². The zero-order chi connectivity index (χ0) is 25.2. The van der Waals surface area contributed by atoms with Crippen LogP contribution in [0, 0.1) is 10.1 Å². The minimum absolute atomic E-state index is 0.0470. The van der Waals surface area contributed by atoms with Crippen LogP contribution < -0.4 is 10.6 Å². The number of benzene rings is 4. The van der Waals surface area contributed by atoms with Crippen molar-refractivity contribution in [3.63, 3.8) is 0 Å². The molecule has 0 aliphatic rings. The van der Waals surface area contributed by atoms with E-state index in [1.165, 1.54) is 16.2 Å². The minimum atomic E-state index is -0.580. The third-order valence-electron chi connectivity index (χ3n) is 6.68. The van der Waals surface area contributed by atoms with E-state index in [1.54, 1.807) is 0 Å². The van der Waals surface area contributed by atoms with E-state index in [0.717, 1.165) is 24.7 Å². The molecular formula is C31H33N2O2P. The van der Waals surface area contributed by atoms with Crippen LogP contribution in [0.4, 0.5) is 0 Å². The highest BCUT2D eigenvalue weighted by molar-refractivity contribution is 7.73. The predicted molar refractivity (Wildman–Crippen MR) is 151 cm³/mol. The normalized spacial score (nSPS) is 13.0. The lowest BCUT2D eigenvalue weighted by Crippen LogP contribution is -2.31. The number of nitro groups is 1. The average molecular weight is 497 g/mol. The summed E-state index contributed by atoms with van der Waals surface area (Å²) in [4.78, 5) is 13.6. The molecule has 2 unspecified atom stereocenters. The average Bonchev–Trinajstić information content (AvgIpc) is 2.93. The third-order valence-corrected chi connectivity index (χ3v) is 9.23. The van der Waals surface area contributed by atoms with Gasteiger partial charge < -0.3 is 0 Å². The topological polar surface area (TPSA) is 46.4 Å². The summed E-state index contributed by atoms with van der Waals surface area (Å²) in [6.07, 6.45) is 1.72. The van der Waals surface area contributed by atoms with E-state index in [2.05, 4.69) is 103 Å². The highest BCUT2D eigenvalue weighted by atomic mass is 31.1. The molecule has 4 aromatic rings. The molecule has 0 N–H and O–H groups in total. The Morgan fingerprint density at radius 3 is 1.64 bits per heavy atom. The summed E-state index contributed by atoms with van der Waals surface area (Å²) >= 11 is 0. The van der Waals surface area contributed by atoms with Crippen LogP contribution in [-0.4, -0.2) is 36.1 Å². The van der Waals surface area contributed by atoms with E-state index < -0.39 is 7.92 Å².